The summed E-state index contributed by atoms with van der Waals surface area (Å²) < 4.78 is 13.2. The topological polar surface area (TPSA) is 17.1 Å². The Hall–Kier alpha value is -1.50. The van der Waals surface area contributed by atoms with Gasteiger partial charge in [0.05, 0.1) is 0 Å². The zero-order chi connectivity index (χ0) is 14.0. The molecule has 3 aromatic rings. The second kappa shape index (κ2) is 5.47. The molecule has 1 atom stereocenters. The Balaban J connectivity index is 2.07. The van der Waals surface area contributed by atoms with E-state index in [1.165, 1.54) is 11.4 Å². The molecule has 0 saturated carbocycles. The van der Waals surface area contributed by atoms with E-state index in [0.717, 1.165) is 21.0 Å². The zero-order valence-electron chi connectivity index (χ0n) is 11.2. The van der Waals surface area contributed by atoms with Crippen LogP contribution in [0.2, 0.25) is 0 Å². The highest BCUT2D eigenvalue weighted by Gasteiger charge is 2.22. The molecule has 0 fully saturated rings. The summed E-state index contributed by atoms with van der Waals surface area (Å²) in [5.41, 5.74) is 0. The van der Waals surface area contributed by atoms with E-state index in [0.29, 0.717) is 0 Å². The van der Waals surface area contributed by atoms with Crippen LogP contribution in [0.3, 0.4) is 0 Å². The Labute approximate surface area is 123 Å². The summed E-state index contributed by atoms with van der Waals surface area (Å²) in [5, 5.41) is 3.18. The van der Waals surface area contributed by atoms with Crippen molar-refractivity contribution in [1.82, 2.24) is 0 Å². The van der Waals surface area contributed by atoms with E-state index < -0.39 is 6.34 Å². The molecule has 3 rings (SSSR count). The number of hydrogen-bond donors (Lipinski definition) is 0. The lowest BCUT2D eigenvalue weighted by Gasteiger charge is -2.15. The van der Waals surface area contributed by atoms with E-state index in [1.54, 1.807) is 0 Å². The molecule has 0 saturated heterocycles. The summed E-state index contributed by atoms with van der Waals surface area (Å²) in [7, 11) is 0. The van der Waals surface area contributed by atoms with E-state index in [-0.39, 0.29) is 0 Å². The first-order chi connectivity index (χ1) is 9.67. The third-order valence-corrected chi connectivity index (χ3v) is 7.59. The molecule has 0 aliphatic heterocycles. The molecule has 0 spiro atoms. The summed E-state index contributed by atoms with van der Waals surface area (Å²) in [5.74, 6) is 0. The average Bonchev–Trinajstić information content (AvgIpc) is 2.47. The molecule has 0 radical (unpaired) electrons. The Morgan fingerprint density at radius 2 is 1.45 bits per heavy atom. The van der Waals surface area contributed by atoms with Gasteiger partial charge in [0.25, 0.3) is 0 Å². The molecule has 3 aromatic carbocycles. The molecule has 1 unspecified atom stereocenters. The molecular formula is C17H15OPS. The van der Waals surface area contributed by atoms with E-state index in [9.17, 15) is 4.57 Å². The van der Waals surface area contributed by atoms with Crippen LogP contribution in [0.5, 0.6) is 0 Å². The highest BCUT2D eigenvalue weighted by Crippen LogP contribution is 2.58. The van der Waals surface area contributed by atoms with Crippen LogP contribution in [0, 0.1) is 0 Å². The minimum atomic E-state index is -2.50. The number of rotatable bonds is 3. The molecule has 1 nitrogen and oxygen atoms in total. The molecule has 0 aliphatic rings. The van der Waals surface area contributed by atoms with Crippen LogP contribution in [0.1, 0.15) is 0 Å². The number of hydrogen-bond acceptors (Lipinski definition) is 2. The second-order valence-electron chi connectivity index (χ2n) is 4.75. The molecule has 0 aliphatic carbocycles. The first-order valence-electron chi connectivity index (χ1n) is 6.47. The van der Waals surface area contributed by atoms with Crippen molar-refractivity contribution >= 4 is 33.8 Å². The highest BCUT2D eigenvalue weighted by molar-refractivity contribution is 8.60. The summed E-state index contributed by atoms with van der Waals surface area (Å²) >= 11 is 1.47. The van der Waals surface area contributed by atoms with Crippen molar-refractivity contribution in [2.75, 3.05) is 6.66 Å². The SMILES string of the molecule is CP(=O)(Sc1ccccc1)c1cccc2ccccc12. The van der Waals surface area contributed by atoms with E-state index in [4.69, 9.17) is 0 Å². The van der Waals surface area contributed by atoms with Gasteiger partial charge < -0.3 is 4.57 Å². The van der Waals surface area contributed by atoms with Gasteiger partial charge in [-0.1, -0.05) is 72.0 Å². The quantitative estimate of drug-likeness (QED) is 0.621. The maximum absolute atomic E-state index is 13.2. The van der Waals surface area contributed by atoms with Gasteiger partial charge >= 0.3 is 0 Å². The lowest BCUT2D eigenvalue weighted by molar-refractivity contribution is 0.594. The third-order valence-electron chi connectivity index (χ3n) is 3.23. The summed E-state index contributed by atoms with van der Waals surface area (Å²) in [4.78, 5) is 1.05. The summed E-state index contributed by atoms with van der Waals surface area (Å²) in [6.07, 6.45) is -2.50. The predicted octanol–water partition coefficient (Wildman–Crippen LogP) is 5.17. The van der Waals surface area contributed by atoms with Crippen LogP contribution >= 0.6 is 17.7 Å². The second-order valence-corrected chi connectivity index (χ2v) is 10.2. The molecule has 0 aromatic heterocycles. The largest absolute Gasteiger partial charge is 0.307 e. The van der Waals surface area contributed by atoms with Gasteiger partial charge in [0.1, 0.15) is 0 Å². The Kier molecular flexibility index (Phi) is 3.69. The molecule has 3 heteroatoms. The fourth-order valence-electron chi connectivity index (χ4n) is 2.29. The normalized spacial score (nSPS) is 14.1. The van der Waals surface area contributed by atoms with Gasteiger partial charge in [0.2, 0.25) is 0 Å². The van der Waals surface area contributed by atoms with Gasteiger partial charge in [-0.25, -0.2) is 0 Å². The maximum atomic E-state index is 13.2. The minimum Gasteiger partial charge on any atom is -0.307 e. The molecule has 0 amide bonds. The van der Waals surface area contributed by atoms with Crippen molar-refractivity contribution in [3.8, 4) is 0 Å². The van der Waals surface area contributed by atoms with E-state index in [2.05, 4.69) is 12.1 Å². The van der Waals surface area contributed by atoms with Gasteiger partial charge in [-0.15, -0.1) is 0 Å². The van der Waals surface area contributed by atoms with Crippen LogP contribution in [0.4, 0.5) is 0 Å². The van der Waals surface area contributed by atoms with Gasteiger partial charge in [0.15, 0.2) is 6.34 Å². The number of benzene rings is 3. The molecular weight excluding hydrogens is 283 g/mol. The van der Waals surface area contributed by atoms with Crippen molar-refractivity contribution in [3.05, 3.63) is 72.8 Å². The Morgan fingerprint density at radius 3 is 2.25 bits per heavy atom. The van der Waals surface area contributed by atoms with Crippen molar-refractivity contribution in [3.63, 3.8) is 0 Å². The molecule has 0 bridgehead atoms. The standard InChI is InChI=1S/C17H15OPS/c1-19(18,20-15-10-3-2-4-11-15)17-13-7-9-14-8-5-6-12-16(14)17/h2-13H,1H3. The smallest absolute Gasteiger partial charge is 0.169 e. The molecule has 0 N–H and O–H groups in total. The minimum absolute atomic E-state index is 0.949. The number of fused-ring (bicyclic) bond motifs is 1. The predicted molar refractivity (Wildman–Crippen MR) is 89.4 cm³/mol. The van der Waals surface area contributed by atoms with Gasteiger partial charge in [-0.3, -0.25) is 0 Å². The zero-order valence-corrected chi connectivity index (χ0v) is 12.9. The first kappa shape index (κ1) is 13.5. The van der Waals surface area contributed by atoms with Gasteiger partial charge in [0, 0.05) is 16.9 Å². The maximum Gasteiger partial charge on any atom is 0.169 e. The van der Waals surface area contributed by atoms with Crippen LogP contribution in [-0.4, -0.2) is 6.66 Å². The van der Waals surface area contributed by atoms with Crippen LogP contribution in [-0.2, 0) is 4.57 Å². The Bertz CT molecular complexity index is 778. The highest BCUT2D eigenvalue weighted by atomic mass is 32.7. The van der Waals surface area contributed by atoms with Crippen molar-refractivity contribution in [2.45, 2.75) is 4.90 Å². The fourth-order valence-corrected chi connectivity index (χ4v) is 6.42. The first-order valence-corrected chi connectivity index (χ1v) is 10.0. The molecule has 100 valence electrons. The lowest BCUT2D eigenvalue weighted by Crippen LogP contribution is -2.02. The van der Waals surface area contributed by atoms with E-state index >= 15 is 0 Å². The van der Waals surface area contributed by atoms with Gasteiger partial charge in [-0.2, -0.15) is 0 Å². The molecule has 0 heterocycles. The molecule has 20 heavy (non-hydrogen) atoms. The van der Waals surface area contributed by atoms with Crippen molar-refractivity contribution in [2.24, 2.45) is 0 Å². The lowest BCUT2D eigenvalue weighted by atomic mass is 10.1. The van der Waals surface area contributed by atoms with Crippen LogP contribution in [0.25, 0.3) is 10.8 Å². The fraction of sp³-hybridized carbons (Fsp3) is 0.0588. The van der Waals surface area contributed by atoms with E-state index in [1.807, 2.05) is 67.3 Å². The third kappa shape index (κ3) is 2.67. The summed E-state index contributed by atoms with van der Waals surface area (Å²) in [6, 6.07) is 24.1. The van der Waals surface area contributed by atoms with Crippen molar-refractivity contribution < 1.29 is 4.57 Å². The monoisotopic (exact) mass is 298 g/mol. The Morgan fingerprint density at radius 1 is 0.800 bits per heavy atom. The van der Waals surface area contributed by atoms with Crippen LogP contribution in [0.15, 0.2) is 77.7 Å². The van der Waals surface area contributed by atoms with Crippen LogP contribution < -0.4 is 5.30 Å². The summed E-state index contributed by atoms with van der Waals surface area (Å²) in [6.45, 7) is 1.85. The average molecular weight is 298 g/mol. The van der Waals surface area contributed by atoms with Gasteiger partial charge in [-0.05, 0) is 22.9 Å². The van der Waals surface area contributed by atoms with Crippen molar-refractivity contribution in [1.29, 1.82) is 0 Å².